The van der Waals surface area contributed by atoms with Gasteiger partial charge < -0.3 is 15.2 Å². The van der Waals surface area contributed by atoms with E-state index in [4.69, 9.17) is 5.73 Å². The third kappa shape index (κ3) is 3.56. The normalized spacial score (nSPS) is 13.6. The van der Waals surface area contributed by atoms with Crippen LogP contribution < -0.4 is 10.6 Å². The van der Waals surface area contributed by atoms with E-state index in [2.05, 4.69) is 24.3 Å². The fourth-order valence-electron chi connectivity index (χ4n) is 1.54. The molecule has 0 aliphatic rings. The predicted molar refractivity (Wildman–Crippen MR) is 79.9 cm³/mol. The van der Waals surface area contributed by atoms with Gasteiger partial charge in [-0.25, -0.2) is 4.21 Å². The molecule has 0 aliphatic carbocycles. The minimum atomic E-state index is -3.49. The van der Waals surface area contributed by atoms with Gasteiger partial charge in [0.15, 0.2) is 8.77 Å². The van der Waals surface area contributed by atoms with Crippen molar-refractivity contribution in [2.45, 2.75) is 4.90 Å². The standard InChI is InChI=1S/C12H16N2O2S2/c1-3-7-14(8-4-2)10-5-6-11(13)12(9-10)18(15,16)17/h3-6,9H,1-2,7-8,13H2,(H,15,16,17). The molecule has 0 fully saturated rings. The largest absolute Gasteiger partial charge is 0.398 e. The van der Waals surface area contributed by atoms with Crippen LogP contribution in [0.15, 0.2) is 48.4 Å². The second-order valence-corrected chi connectivity index (χ2v) is 6.42. The molecule has 1 aromatic rings. The molecule has 0 aliphatic heterocycles. The van der Waals surface area contributed by atoms with E-state index in [1.165, 1.54) is 6.07 Å². The molecule has 3 N–H and O–H groups in total. The van der Waals surface area contributed by atoms with Crippen LogP contribution in [-0.2, 0) is 20.0 Å². The number of nitrogens with two attached hydrogens (primary N) is 1. The first-order chi connectivity index (χ1) is 8.40. The van der Waals surface area contributed by atoms with Crippen LogP contribution >= 0.6 is 0 Å². The van der Waals surface area contributed by atoms with E-state index >= 15 is 0 Å². The summed E-state index contributed by atoms with van der Waals surface area (Å²) in [5, 5.41) is 0. The predicted octanol–water partition coefficient (Wildman–Crippen LogP) is 2.03. The summed E-state index contributed by atoms with van der Waals surface area (Å²) in [7, 11) is -3.49. The van der Waals surface area contributed by atoms with Gasteiger partial charge in [-0.05, 0) is 18.2 Å². The van der Waals surface area contributed by atoms with Crippen LogP contribution in [0.1, 0.15) is 0 Å². The fourth-order valence-corrected chi connectivity index (χ4v) is 2.61. The maximum atomic E-state index is 11.5. The third-order valence-electron chi connectivity index (χ3n) is 2.34. The van der Waals surface area contributed by atoms with Crippen LogP contribution in [0.3, 0.4) is 0 Å². The molecule has 0 amide bonds. The van der Waals surface area contributed by atoms with Gasteiger partial charge in [0.1, 0.15) is 0 Å². The average Bonchev–Trinajstić information content (AvgIpc) is 2.28. The van der Waals surface area contributed by atoms with E-state index in [1.54, 1.807) is 24.3 Å². The summed E-state index contributed by atoms with van der Waals surface area (Å²) in [6.07, 6.45) is 3.48. The average molecular weight is 284 g/mol. The second kappa shape index (κ2) is 5.99. The SMILES string of the molecule is C=CCN(CC=C)c1ccc(N)c(S(=O)(O)=S)c1. The van der Waals surface area contributed by atoms with Gasteiger partial charge in [0, 0.05) is 30.0 Å². The van der Waals surface area contributed by atoms with Gasteiger partial charge in [-0.2, -0.15) is 0 Å². The molecule has 0 heterocycles. The minimum absolute atomic E-state index is 0.0770. The number of hydrogen-bond donors (Lipinski definition) is 2. The summed E-state index contributed by atoms with van der Waals surface area (Å²) < 4.78 is 21.0. The Hall–Kier alpha value is -1.37. The van der Waals surface area contributed by atoms with E-state index in [1.807, 2.05) is 4.90 Å². The van der Waals surface area contributed by atoms with Crippen molar-refractivity contribution in [2.75, 3.05) is 23.7 Å². The number of nitrogens with zero attached hydrogens (tertiary/aromatic N) is 1. The molecule has 4 nitrogen and oxygen atoms in total. The van der Waals surface area contributed by atoms with Crippen LogP contribution in [0.4, 0.5) is 11.4 Å². The Balaban J connectivity index is 3.25. The van der Waals surface area contributed by atoms with Gasteiger partial charge in [-0.3, -0.25) is 0 Å². The summed E-state index contributed by atoms with van der Waals surface area (Å²) in [5.74, 6) is 0. The Morgan fingerprint density at radius 2 is 1.94 bits per heavy atom. The summed E-state index contributed by atoms with van der Waals surface area (Å²) >= 11 is 4.56. The summed E-state index contributed by atoms with van der Waals surface area (Å²) in [4.78, 5) is 2.01. The quantitative estimate of drug-likeness (QED) is 0.618. The number of hydrogen-bond acceptors (Lipinski definition) is 4. The highest BCUT2D eigenvalue weighted by Crippen LogP contribution is 2.25. The van der Waals surface area contributed by atoms with E-state index in [9.17, 15) is 8.76 Å². The molecule has 1 atom stereocenters. The number of anilines is 2. The smallest absolute Gasteiger partial charge is 0.173 e. The zero-order valence-electron chi connectivity index (χ0n) is 9.91. The van der Waals surface area contributed by atoms with Crippen molar-refractivity contribution in [3.05, 3.63) is 43.5 Å². The molecule has 0 spiro atoms. The summed E-state index contributed by atoms with van der Waals surface area (Å²) in [6, 6.07) is 4.88. The lowest BCUT2D eigenvalue weighted by Crippen LogP contribution is -2.23. The molecule has 6 heteroatoms. The first-order valence-electron chi connectivity index (χ1n) is 5.24. The second-order valence-electron chi connectivity index (χ2n) is 3.68. The lowest BCUT2D eigenvalue weighted by molar-refractivity contribution is 0.562. The molecule has 0 radical (unpaired) electrons. The lowest BCUT2D eigenvalue weighted by Gasteiger charge is -2.22. The highest BCUT2D eigenvalue weighted by atomic mass is 32.8. The monoisotopic (exact) mass is 284 g/mol. The molecule has 0 saturated carbocycles. The van der Waals surface area contributed by atoms with Crippen LogP contribution in [0.5, 0.6) is 0 Å². The molecular weight excluding hydrogens is 268 g/mol. The zero-order valence-corrected chi connectivity index (χ0v) is 11.5. The van der Waals surface area contributed by atoms with Crippen LogP contribution in [0.2, 0.25) is 0 Å². The molecule has 98 valence electrons. The third-order valence-corrected chi connectivity index (χ3v) is 3.79. The van der Waals surface area contributed by atoms with E-state index < -0.39 is 8.77 Å². The Morgan fingerprint density at radius 1 is 1.39 bits per heavy atom. The van der Waals surface area contributed by atoms with Gasteiger partial charge in [0.2, 0.25) is 0 Å². The Kier molecular flexibility index (Phi) is 4.89. The summed E-state index contributed by atoms with van der Waals surface area (Å²) in [6.45, 7) is 8.53. The number of nitrogen functional groups attached to an aromatic ring is 1. The molecule has 0 saturated heterocycles. The van der Waals surface area contributed by atoms with Gasteiger partial charge in [0.25, 0.3) is 0 Å². The van der Waals surface area contributed by atoms with Crippen molar-refractivity contribution in [1.29, 1.82) is 0 Å². The zero-order chi connectivity index (χ0) is 13.8. The maximum absolute atomic E-state index is 11.5. The molecule has 1 aromatic carbocycles. The van der Waals surface area contributed by atoms with Gasteiger partial charge in [0.05, 0.1) is 10.6 Å². The topological polar surface area (TPSA) is 66.6 Å². The van der Waals surface area contributed by atoms with Gasteiger partial charge in [-0.1, -0.05) is 12.2 Å². The Bertz CT molecular complexity index is 543. The first kappa shape index (κ1) is 14.7. The summed E-state index contributed by atoms with van der Waals surface area (Å²) in [5.41, 5.74) is 6.63. The van der Waals surface area contributed by atoms with Crippen molar-refractivity contribution >= 4 is 31.3 Å². The van der Waals surface area contributed by atoms with Crippen molar-refractivity contribution in [3.8, 4) is 0 Å². The van der Waals surface area contributed by atoms with Gasteiger partial charge >= 0.3 is 0 Å². The molecule has 1 unspecified atom stereocenters. The van der Waals surface area contributed by atoms with Crippen molar-refractivity contribution < 1.29 is 8.76 Å². The van der Waals surface area contributed by atoms with E-state index in [-0.39, 0.29) is 10.6 Å². The van der Waals surface area contributed by atoms with E-state index in [0.717, 1.165) is 5.69 Å². The first-order valence-corrected chi connectivity index (χ1v) is 7.68. The molecule has 1 rings (SSSR count). The maximum Gasteiger partial charge on any atom is 0.173 e. The van der Waals surface area contributed by atoms with Crippen LogP contribution in [0, 0.1) is 0 Å². The van der Waals surface area contributed by atoms with Crippen molar-refractivity contribution in [1.82, 2.24) is 0 Å². The fraction of sp³-hybridized carbons (Fsp3) is 0.167. The van der Waals surface area contributed by atoms with Crippen LogP contribution in [0.25, 0.3) is 0 Å². The van der Waals surface area contributed by atoms with Crippen molar-refractivity contribution in [3.63, 3.8) is 0 Å². The molecule has 0 aromatic heterocycles. The highest BCUT2D eigenvalue weighted by Gasteiger charge is 2.13. The Morgan fingerprint density at radius 3 is 2.39 bits per heavy atom. The Labute approximate surface area is 112 Å². The van der Waals surface area contributed by atoms with Crippen molar-refractivity contribution in [2.24, 2.45) is 0 Å². The minimum Gasteiger partial charge on any atom is -0.398 e. The number of rotatable bonds is 6. The molecular formula is C12H16N2O2S2. The van der Waals surface area contributed by atoms with E-state index in [0.29, 0.717) is 13.1 Å². The molecule has 18 heavy (non-hydrogen) atoms. The number of benzene rings is 1. The highest BCUT2D eigenvalue weighted by molar-refractivity contribution is 8.29. The molecule has 0 bridgehead atoms. The lowest BCUT2D eigenvalue weighted by atomic mass is 10.2. The van der Waals surface area contributed by atoms with Crippen LogP contribution in [-0.4, -0.2) is 21.9 Å². The van der Waals surface area contributed by atoms with Gasteiger partial charge in [-0.15, -0.1) is 13.2 Å².